The summed E-state index contributed by atoms with van der Waals surface area (Å²) in [5.74, 6) is 5.52. The normalized spacial score (nSPS) is 22.8. The highest BCUT2D eigenvalue weighted by atomic mass is 32.2. The molecule has 1 unspecified atom stereocenters. The van der Waals surface area contributed by atoms with E-state index in [0.717, 1.165) is 0 Å². The summed E-state index contributed by atoms with van der Waals surface area (Å²) < 4.78 is 26.6. The van der Waals surface area contributed by atoms with Crippen molar-refractivity contribution < 1.29 is 18.6 Å². The Kier molecular flexibility index (Phi) is 4.69. The summed E-state index contributed by atoms with van der Waals surface area (Å²) >= 11 is 0. The molecule has 1 heterocycles. The number of aliphatic hydroxyl groups is 2. The first kappa shape index (κ1) is 16.0. The fourth-order valence-corrected chi connectivity index (χ4v) is 3.96. The molecule has 0 bridgehead atoms. The van der Waals surface area contributed by atoms with E-state index in [1.54, 1.807) is 25.1 Å². The van der Waals surface area contributed by atoms with Crippen molar-refractivity contribution in [3.05, 3.63) is 29.8 Å². The SMILES string of the molecule is CC1(O)CCN(S(=O)(=O)c2ccccc2C#CCCO)C1. The van der Waals surface area contributed by atoms with Gasteiger partial charge in [0.05, 0.1) is 17.1 Å². The highest BCUT2D eigenvalue weighted by Crippen LogP contribution is 2.28. The molecule has 1 aromatic carbocycles. The summed E-state index contributed by atoms with van der Waals surface area (Å²) in [5.41, 5.74) is -0.567. The van der Waals surface area contributed by atoms with Crippen LogP contribution in [0.5, 0.6) is 0 Å². The Morgan fingerprint density at radius 1 is 1.38 bits per heavy atom. The van der Waals surface area contributed by atoms with Crippen molar-refractivity contribution in [2.45, 2.75) is 30.3 Å². The predicted molar refractivity (Wildman–Crippen MR) is 79.0 cm³/mol. The Morgan fingerprint density at radius 2 is 2.10 bits per heavy atom. The zero-order chi connectivity index (χ0) is 15.5. The van der Waals surface area contributed by atoms with Crippen LogP contribution < -0.4 is 0 Å². The van der Waals surface area contributed by atoms with Gasteiger partial charge in [-0.3, -0.25) is 0 Å². The molecule has 0 amide bonds. The monoisotopic (exact) mass is 309 g/mol. The largest absolute Gasteiger partial charge is 0.395 e. The summed E-state index contributed by atoms with van der Waals surface area (Å²) in [6, 6.07) is 6.54. The Hall–Kier alpha value is -1.39. The first-order valence-corrected chi connectivity index (χ1v) is 8.22. The summed E-state index contributed by atoms with van der Waals surface area (Å²) in [6.07, 6.45) is 0.720. The fraction of sp³-hybridized carbons (Fsp3) is 0.467. The molecule has 1 saturated heterocycles. The lowest BCUT2D eigenvalue weighted by atomic mass is 10.1. The second-order valence-electron chi connectivity index (χ2n) is 5.36. The summed E-state index contributed by atoms with van der Waals surface area (Å²) in [5, 5.41) is 18.7. The fourth-order valence-electron chi connectivity index (χ4n) is 2.26. The highest BCUT2D eigenvalue weighted by Gasteiger charge is 2.39. The highest BCUT2D eigenvalue weighted by molar-refractivity contribution is 7.89. The molecule has 1 aromatic rings. The minimum absolute atomic E-state index is 0.0586. The zero-order valence-corrected chi connectivity index (χ0v) is 12.7. The maximum Gasteiger partial charge on any atom is 0.244 e. The molecule has 2 rings (SSSR count). The first-order chi connectivity index (χ1) is 9.87. The van der Waals surface area contributed by atoms with Crippen LogP contribution >= 0.6 is 0 Å². The van der Waals surface area contributed by atoms with Gasteiger partial charge in [0.25, 0.3) is 0 Å². The number of hydrogen-bond acceptors (Lipinski definition) is 4. The molecule has 0 aromatic heterocycles. The molecule has 6 heteroatoms. The Balaban J connectivity index is 2.36. The third-order valence-electron chi connectivity index (χ3n) is 3.38. The quantitative estimate of drug-likeness (QED) is 0.800. The number of rotatable bonds is 3. The Bertz CT molecular complexity index is 670. The van der Waals surface area contributed by atoms with Crippen molar-refractivity contribution in [1.82, 2.24) is 4.31 Å². The van der Waals surface area contributed by atoms with Crippen LogP contribution in [0.3, 0.4) is 0 Å². The minimum Gasteiger partial charge on any atom is -0.395 e. The molecule has 5 nitrogen and oxygen atoms in total. The van der Waals surface area contributed by atoms with Crippen molar-refractivity contribution in [3.63, 3.8) is 0 Å². The summed E-state index contributed by atoms with van der Waals surface area (Å²) in [4.78, 5) is 0.146. The van der Waals surface area contributed by atoms with E-state index in [1.807, 2.05) is 0 Å². The lowest BCUT2D eigenvalue weighted by molar-refractivity contribution is 0.0762. The number of aliphatic hydroxyl groups excluding tert-OH is 1. The smallest absolute Gasteiger partial charge is 0.244 e. The van der Waals surface area contributed by atoms with Crippen LogP contribution in [0.2, 0.25) is 0 Å². The molecule has 0 aliphatic carbocycles. The van der Waals surface area contributed by atoms with E-state index in [0.29, 0.717) is 24.9 Å². The summed E-state index contributed by atoms with van der Waals surface area (Å²) in [6.45, 7) is 1.97. The van der Waals surface area contributed by atoms with Crippen molar-refractivity contribution >= 4 is 10.0 Å². The molecule has 1 aliphatic rings. The molecule has 21 heavy (non-hydrogen) atoms. The van der Waals surface area contributed by atoms with Crippen LogP contribution in [0.25, 0.3) is 0 Å². The second kappa shape index (κ2) is 6.16. The van der Waals surface area contributed by atoms with Crippen molar-refractivity contribution in [1.29, 1.82) is 0 Å². The van der Waals surface area contributed by atoms with E-state index in [4.69, 9.17) is 5.11 Å². The number of sulfonamides is 1. The molecule has 2 N–H and O–H groups in total. The van der Waals surface area contributed by atoms with E-state index in [-0.39, 0.29) is 18.0 Å². The molecule has 114 valence electrons. The average molecular weight is 309 g/mol. The van der Waals surface area contributed by atoms with E-state index >= 15 is 0 Å². The van der Waals surface area contributed by atoms with E-state index < -0.39 is 15.6 Å². The number of hydrogen-bond donors (Lipinski definition) is 2. The van der Waals surface area contributed by atoms with Gasteiger partial charge in [-0.15, -0.1) is 0 Å². The Labute approximate surface area is 125 Å². The third kappa shape index (κ3) is 3.63. The standard InChI is InChI=1S/C15H19NO4S/c1-15(18)9-10-16(12-15)21(19,20)14-8-3-2-6-13(14)7-4-5-11-17/h2-3,6,8,17-18H,5,9-12H2,1H3. The van der Waals surface area contributed by atoms with E-state index in [9.17, 15) is 13.5 Å². The van der Waals surface area contributed by atoms with Gasteiger partial charge >= 0.3 is 0 Å². The van der Waals surface area contributed by atoms with Crippen LogP contribution in [0.4, 0.5) is 0 Å². The van der Waals surface area contributed by atoms with Gasteiger partial charge < -0.3 is 10.2 Å². The molecular formula is C15H19NO4S. The lowest BCUT2D eigenvalue weighted by Crippen LogP contribution is -2.34. The molecule has 0 radical (unpaired) electrons. The number of nitrogens with zero attached hydrogens (tertiary/aromatic N) is 1. The molecule has 1 atom stereocenters. The Morgan fingerprint density at radius 3 is 2.71 bits per heavy atom. The molecule has 0 spiro atoms. The maximum atomic E-state index is 12.7. The molecule has 1 aliphatic heterocycles. The van der Waals surface area contributed by atoms with Crippen LogP contribution in [-0.2, 0) is 10.0 Å². The van der Waals surface area contributed by atoms with Gasteiger partial charge in [-0.1, -0.05) is 24.0 Å². The number of benzene rings is 1. The predicted octanol–water partition coefficient (Wildman–Crippen LogP) is 0.566. The minimum atomic E-state index is -3.67. The third-order valence-corrected chi connectivity index (χ3v) is 5.28. The molecule has 1 fully saturated rings. The maximum absolute atomic E-state index is 12.7. The second-order valence-corrected chi connectivity index (χ2v) is 7.26. The van der Waals surface area contributed by atoms with Crippen LogP contribution in [-0.4, -0.2) is 48.2 Å². The van der Waals surface area contributed by atoms with Crippen molar-refractivity contribution in [2.75, 3.05) is 19.7 Å². The van der Waals surface area contributed by atoms with Gasteiger partial charge in [0.15, 0.2) is 0 Å². The lowest BCUT2D eigenvalue weighted by Gasteiger charge is -2.19. The van der Waals surface area contributed by atoms with Gasteiger partial charge in [-0.2, -0.15) is 4.31 Å². The topological polar surface area (TPSA) is 77.8 Å². The van der Waals surface area contributed by atoms with Gasteiger partial charge in [0.2, 0.25) is 10.0 Å². The zero-order valence-electron chi connectivity index (χ0n) is 11.9. The van der Waals surface area contributed by atoms with Crippen LogP contribution in [0, 0.1) is 11.8 Å². The number of β-amino-alcohol motifs (C(OH)–C–C–N with tert-alkyl or cyclic N) is 1. The van der Waals surface area contributed by atoms with Crippen LogP contribution in [0.15, 0.2) is 29.2 Å². The first-order valence-electron chi connectivity index (χ1n) is 6.78. The van der Waals surface area contributed by atoms with Crippen LogP contribution in [0.1, 0.15) is 25.3 Å². The van der Waals surface area contributed by atoms with Gasteiger partial charge in [0, 0.05) is 25.1 Å². The van der Waals surface area contributed by atoms with Crippen molar-refractivity contribution in [3.8, 4) is 11.8 Å². The van der Waals surface area contributed by atoms with Gasteiger partial charge in [-0.25, -0.2) is 8.42 Å². The molecular weight excluding hydrogens is 290 g/mol. The van der Waals surface area contributed by atoms with E-state index in [2.05, 4.69) is 11.8 Å². The average Bonchev–Trinajstić information content (AvgIpc) is 2.80. The van der Waals surface area contributed by atoms with Gasteiger partial charge in [0.1, 0.15) is 0 Å². The van der Waals surface area contributed by atoms with Gasteiger partial charge in [-0.05, 0) is 25.5 Å². The summed E-state index contributed by atoms with van der Waals surface area (Å²) in [7, 11) is -3.67. The molecule has 0 saturated carbocycles. The van der Waals surface area contributed by atoms with E-state index in [1.165, 1.54) is 10.4 Å². The van der Waals surface area contributed by atoms with Crippen molar-refractivity contribution in [2.24, 2.45) is 0 Å².